The van der Waals surface area contributed by atoms with Crippen molar-refractivity contribution in [1.82, 2.24) is 5.32 Å². The van der Waals surface area contributed by atoms with Crippen molar-refractivity contribution in [2.45, 2.75) is 25.8 Å². The van der Waals surface area contributed by atoms with Gasteiger partial charge >= 0.3 is 0 Å². The lowest BCUT2D eigenvalue weighted by Gasteiger charge is -2.23. The lowest BCUT2D eigenvalue weighted by atomic mass is 10.0. The zero-order chi connectivity index (χ0) is 11.3. The van der Waals surface area contributed by atoms with Gasteiger partial charge in [-0.2, -0.15) is 11.8 Å². The SMILES string of the molecule is CC(CS(C)(=O)=O)NCC1CCSCC1. The van der Waals surface area contributed by atoms with Gasteiger partial charge in [-0.15, -0.1) is 0 Å². The van der Waals surface area contributed by atoms with Crippen LogP contribution < -0.4 is 5.32 Å². The number of sulfone groups is 1. The summed E-state index contributed by atoms with van der Waals surface area (Å²) in [5.74, 6) is 3.50. The fraction of sp³-hybridized carbons (Fsp3) is 1.00. The van der Waals surface area contributed by atoms with Gasteiger partial charge in [0.25, 0.3) is 0 Å². The Labute approximate surface area is 97.3 Å². The van der Waals surface area contributed by atoms with Gasteiger partial charge in [0.2, 0.25) is 0 Å². The Morgan fingerprint density at radius 2 is 2.00 bits per heavy atom. The maximum atomic E-state index is 11.0. The summed E-state index contributed by atoms with van der Waals surface area (Å²) in [6.45, 7) is 2.91. The van der Waals surface area contributed by atoms with Gasteiger partial charge in [-0.25, -0.2) is 8.42 Å². The fourth-order valence-electron chi connectivity index (χ4n) is 1.83. The Bertz CT molecular complexity index is 271. The Morgan fingerprint density at radius 1 is 1.40 bits per heavy atom. The van der Waals surface area contributed by atoms with Gasteiger partial charge in [-0.3, -0.25) is 0 Å². The van der Waals surface area contributed by atoms with E-state index < -0.39 is 9.84 Å². The van der Waals surface area contributed by atoms with E-state index in [1.807, 2.05) is 18.7 Å². The van der Waals surface area contributed by atoms with E-state index in [2.05, 4.69) is 5.32 Å². The smallest absolute Gasteiger partial charge is 0.148 e. The summed E-state index contributed by atoms with van der Waals surface area (Å²) in [4.78, 5) is 0. The Hall–Kier alpha value is 0.260. The molecule has 3 nitrogen and oxygen atoms in total. The van der Waals surface area contributed by atoms with Gasteiger partial charge in [0.05, 0.1) is 5.75 Å². The van der Waals surface area contributed by atoms with Crippen LogP contribution in [0.2, 0.25) is 0 Å². The van der Waals surface area contributed by atoms with E-state index in [4.69, 9.17) is 0 Å². The number of nitrogens with one attached hydrogen (secondary N) is 1. The topological polar surface area (TPSA) is 46.2 Å². The third-order valence-corrected chi connectivity index (χ3v) is 4.80. The van der Waals surface area contributed by atoms with Gasteiger partial charge in [-0.1, -0.05) is 0 Å². The molecule has 0 aromatic heterocycles. The Balaban J connectivity index is 2.18. The summed E-state index contributed by atoms with van der Waals surface area (Å²) >= 11 is 2.02. The molecule has 1 fully saturated rings. The van der Waals surface area contributed by atoms with Gasteiger partial charge in [-0.05, 0) is 43.7 Å². The van der Waals surface area contributed by atoms with Gasteiger partial charge in [0.1, 0.15) is 9.84 Å². The van der Waals surface area contributed by atoms with Crippen LogP contribution in [0, 0.1) is 5.92 Å². The van der Waals surface area contributed by atoms with Crippen molar-refractivity contribution >= 4 is 21.6 Å². The molecule has 0 aliphatic carbocycles. The highest BCUT2D eigenvalue weighted by Gasteiger charge is 2.15. The maximum Gasteiger partial charge on any atom is 0.148 e. The molecule has 0 saturated carbocycles. The minimum atomic E-state index is -2.84. The van der Waals surface area contributed by atoms with Crippen molar-refractivity contribution in [2.75, 3.05) is 30.1 Å². The molecule has 0 spiro atoms. The Morgan fingerprint density at radius 3 is 2.53 bits per heavy atom. The van der Waals surface area contributed by atoms with Crippen LogP contribution in [0.25, 0.3) is 0 Å². The van der Waals surface area contributed by atoms with Gasteiger partial charge < -0.3 is 5.32 Å². The molecular weight excluding hydrogens is 230 g/mol. The summed E-state index contributed by atoms with van der Waals surface area (Å²) in [6.07, 6.45) is 3.83. The molecule has 1 unspecified atom stereocenters. The lowest BCUT2D eigenvalue weighted by Crippen LogP contribution is -2.36. The molecule has 1 rings (SSSR count). The largest absolute Gasteiger partial charge is 0.313 e. The summed E-state index contributed by atoms with van der Waals surface area (Å²) in [6, 6.07) is 0.0783. The first kappa shape index (κ1) is 13.3. The molecule has 0 aromatic carbocycles. The Kier molecular flexibility index (Phi) is 5.43. The third-order valence-electron chi connectivity index (χ3n) is 2.65. The van der Waals surface area contributed by atoms with Crippen LogP contribution in [-0.2, 0) is 9.84 Å². The van der Waals surface area contributed by atoms with Crippen LogP contribution in [0.3, 0.4) is 0 Å². The first-order valence-corrected chi connectivity index (χ1v) is 8.68. The molecule has 15 heavy (non-hydrogen) atoms. The third kappa shape index (κ3) is 6.43. The van der Waals surface area contributed by atoms with E-state index >= 15 is 0 Å². The molecule has 1 heterocycles. The predicted octanol–water partition coefficient (Wildman–Crippen LogP) is 1.15. The molecule has 1 atom stereocenters. The average Bonchev–Trinajstić information content (AvgIpc) is 2.14. The van der Waals surface area contributed by atoms with Crippen LogP contribution in [-0.4, -0.2) is 44.5 Å². The average molecular weight is 251 g/mol. The second-order valence-electron chi connectivity index (χ2n) is 4.46. The number of thioether (sulfide) groups is 1. The summed E-state index contributed by atoms with van der Waals surface area (Å²) in [7, 11) is -2.84. The van der Waals surface area contributed by atoms with E-state index in [0.717, 1.165) is 12.5 Å². The van der Waals surface area contributed by atoms with E-state index in [0.29, 0.717) is 0 Å². The first-order chi connectivity index (χ1) is 6.97. The van der Waals surface area contributed by atoms with E-state index in [1.54, 1.807) is 0 Å². The van der Waals surface area contributed by atoms with Crippen LogP contribution >= 0.6 is 11.8 Å². The lowest BCUT2D eigenvalue weighted by molar-refractivity contribution is 0.425. The highest BCUT2D eigenvalue weighted by Crippen LogP contribution is 2.21. The molecular formula is C10H21NO2S2. The fourth-order valence-corrected chi connectivity index (χ4v) is 4.06. The summed E-state index contributed by atoms with van der Waals surface area (Å²) < 4.78 is 22.1. The highest BCUT2D eigenvalue weighted by molar-refractivity contribution is 7.99. The van der Waals surface area contributed by atoms with Crippen LogP contribution in [0.15, 0.2) is 0 Å². The minimum Gasteiger partial charge on any atom is -0.313 e. The van der Waals surface area contributed by atoms with Crippen molar-refractivity contribution in [3.8, 4) is 0 Å². The van der Waals surface area contributed by atoms with Crippen LogP contribution in [0.1, 0.15) is 19.8 Å². The number of rotatable bonds is 5. The molecule has 90 valence electrons. The highest BCUT2D eigenvalue weighted by atomic mass is 32.2. The summed E-state index contributed by atoms with van der Waals surface area (Å²) in [5.41, 5.74) is 0. The van der Waals surface area contributed by atoms with Crippen molar-refractivity contribution in [3.05, 3.63) is 0 Å². The molecule has 1 aliphatic heterocycles. The van der Waals surface area contributed by atoms with E-state index in [1.165, 1.54) is 30.6 Å². The molecule has 5 heteroatoms. The van der Waals surface area contributed by atoms with Crippen molar-refractivity contribution < 1.29 is 8.42 Å². The second-order valence-corrected chi connectivity index (χ2v) is 7.87. The molecule has 0 aromatic rings. The maximum absolute atomic E-state index is 11.0. The van der Waals surface area contributed by atoms with Crippen LogP contribution in [0.5, 0.6) is 0 Å². The van der Waals surface area contributed by atoms with Crippen molar-refractivity contribution in [2.24, 2.45) is 5.92 Å². The number of hydrogen-bond acceptors (Lipinski definition) is 4. The normalized spacial score (nSPS) is 21.5. The monoisotopic (exact) mass is 251 g/mol. The second kappa shape index (κ2) is 6.11. The molecule has 1 saturated heterocycles. The molecule has 0 bridgehead atoms. The quantitative estimate of drug-likeness (QED) is 0.796. The standard InChI is InChI=1S/C10H21NO2S2/c1-9(8-15(2,12)13)11-7-10-3-5-14-6-4-10/h9-11H,3-8H2,1-2H3. The first-order valence-electron chi connectivity index (χ1n) is 5.46. The van der Waals surface area contributed by atoms with Crippen LogP contribution in [0.4, 0.5) is 0 Å². The molecule has 0 radical (unpaired) electrons. The zero-order valence-electron chi connectivity index (χ0n) is 9.53. The summed E-state index contributed by atoms with van der Waals surface area (Å²) in [5, 5.41) is 3.32. The van der Waals surface area contributed by atoms with Crippen molar-refractivity contribution in [3.63, 3.8) is 0 Å². The molecule has 1 N–H and O–H groups in total. The molecule has 1 aliphatic rings. The van der Waals surface area contributed by atoms with Gasteiger partial charge in [0, 0.05) is 12.3 Å². The molecule has 0 amide bonds. The van der Waals surface area contributed by atoms with Gasteiger partial charge in [0.15, 0.2) is 0 Å². The van der Waals surface area contributed by atoms with Crippen molar-refractivity contribution in [1.29, 1.82) is 0 Å². The zero-order valence-corrected chi connectivity index (χ0v) is 11.2. The van der Waals surface area contributed by atoms with E-state index in [9.17, 15) is 8.42 Å². The predicted molar refractivity (Wildman–Crippen MR) is 67.2 cm³/mol. The number of hydrogen-bond donors (Lipinski definition) is 1. The van der Waals surface area contributed by atoms with E-state index in [-0.39, 0.29) is 11.8 Å². The minimum absolute atomic E-state index is 0.0783.